The van der Waals surface area contributed by atoms with Crippen molar-refractivity contribution in [1.82, 2.24) is 10.6 Å². The Kier molecular flexibility index (Phi) is 6.36. The molecule has 1 aromatic rings. The summed E-state index contributed by atoms with van der Waals surface area (Å²) in [5.41, 5.74) is 0.896. The average Bonchev–Trinajstić information content (AvgIpc) is 2.43. The van der Waals surface area contributed by atoms with E-state index in [1.165, 1.54) is 0 Å². The topological polar surface area (TPSA) is 58.2 Å². The zero-order chi connectivity index (χ0) is 14.3. The van der Waals surface area contributed by atoms with E-state index in [0.29, 0.717) is 11.6 Å². The van der Waals surface area contributed by atoms with Crippen LogP contribution in [0.15, 0.2) is 24.3 Å². The largest absolute Gasteiger partial charge is 0.345 e. The molecule has 0 aliphatic rings. The Morgan fingerprint density at radius 2 is 1.68 bits per heavy atom. The zero-order valence-electron chi connectivity index (χ0n) is 11.2. The first-order valence-electron chi connectivity index (χ1n) is 6.40. The molecule has 4 nitrogen and oxygen atoms in total. The van der Waals surface area contributed by atoms with Crippen LogP contribution in [0.1, 0.15) is 32.3 Å². The lowest BCUT2D eigenvalue weighted by molar-refractivity contribution is -0.139. The molecule has 0 bridgehead atoms. The first-order chi connectivity index (χ1) is 9.06. The summed E-state index contributed by atoms with van der Waals surface area (Å²) in [6.07, 6.45) is 1.62. The van der Waals surface area contributed by atoms with E-state index < -0.39 is 11.8 Å². The Hall–Kier alpha value is -1.55. The normalized spacial score (nSPS) is 10.3. The van der Waals surface area contributed by atoms with Crippen molar-refractivity contribution in [2.75, 3.05) is 0 Å². The molecular weight excluding hydrogens is 264 g/mol. The Morgan fingerprint density at radius 1 is 1.11 bits per heavy atom. The Morgan fingerprint density at radius 3 is 2.21 bits per heavy atom. The van der Waals surface area contributed by atoms with Gasteiger partial charge in [-0.25, -0.2) is 0 Å². The van der Waals surface area contributed by atoms with Crippen LogP contribution in [0.3, 0.4) is 0 Å². The summed E-state index contributed by atoms with van der Waals surface area (Å²) < 4.78 is 0. The molecular formula is C14H19ClN2O2. The van der Waals surface area contributed by atoms with Crippen LogP contribution in [0.2, 0.25) is 5.02 Å². The molecule has 104 valence electrons. The summed E-state index contributed by atoms with van der Waals surface area (Å²) in [6, 6.07) is 7.15. The number of hydrogen-bond acceptors (Lipinski definition) is 2. The molecule has 0 unspecified atom stereocenters. The van der Waals surface area contributed by atoms with Gasteiger partial charge in [0.2, 0.25) is 0 Å². The third-order valence-electron chi connectivity index (χ3n) is 2.89. The van der Waals surface area contributed by atoms with Gasteiger partial charge in [-0.1, -0.05) is 37.6 Å². The maximum atomic E-state index is 11.6. The van der Waals surface area contributed by atoms with Crippen LogP contribution in [-0.4, -0.2) is 17.9 Å². The van der Waals surface area contributed by atoms with E-state index in [9.17, 15) is 9.59 Å². The smallest absolute Gasteiger partial charge is 0.309 e. The van der Waals surface area contributed by atoms with Crippen LogP contribution in [0.25, 0.3) is 0 Å². The van der Waals surface area contributed by atoms with Gasteiger partial charge in [-0.15, -0.1) is 0 Å². The zero-order valence-corrected chi connectivity index (χ0v) is 12.0. The third kappa shape index (κ3) is 5.30. The lowest BCUT2D eigenvalue weighted by atomic mass is 10.2. The van der Waals surface area contributed by atoms with Crippen molar-refractivity contribution >= 4 is 23.4 Å². The van der Waals surface area contributed by atoms with Gasteiger partial charge in [0.05, 0.1) is 0 Å². The minimum absolute atomic E-state index is 0.0498. The van der Waals surface area contributed by atoms with Gasteiger partial charge in [0.1, 0.15) is 0 Å². The highest BCUT2D eigenvalue weighted by Crippen LogP contribution is 2.09. The van der Waals surface area contributed by atoms with Crippen molar-refractivity contribution in [2.24, 2.45) is 0 Å². The van der Waals surface area contributed by atoms with E-state index in [0.717, 1.165) is 18.4 Å². The fourth-order valence-corrected chi connectivity index (χ4v) is 1.73. The molecule has 1 aromatic carbocycles. The molecule has 2 amide bonds. The van der Waals surface area contributed by atoms with Gasteiger partial charge in [-0.3, -0.25) is 9.59 Å². The van der Waals surface area contributed by atoms with Crippen LogP contribution < -0.4 is 10.6 Å². The number of hydrogen-bond donors (Lipinski definition) is 2. The van der Waals surface area contributed by atoms with Crippen LogP contribution in [-0.2, 0) is 16.1 Å². The monoisotopic (exact) mass is 282 g/mol. The molecule has 19 heavy (non-hydrogen) atoms. The Labute approximate surface area is 118 Å². The molecule has 0 saturated carbocycles. The molecule has 0 aliphatic carbocycles. The SMILES string of the molecule is CCC(CC)NC(=O)C(=O)NCc1ccc(Cl)cc1. The van der Waals surface area contributed by atoms with Gasteiger partial charge in [0, 0.05) is 17.6 Å². The van der Waals surface area contributed by atoms with Crippen molar-refractivity contribution in [3.63, 3.8) is 0 Å². The number of carbonyl (C=O) groups excluding carboxylic acids is 2. The number of amides is 2. The molecule has 1 rings (SSSR count). The number of nitrogens with one attached hydrogen (secondary N) is 2. The summed E-state index contributed by atoms with van der Waals surface area (Å²) in [6.45, 7) is 4.26. The molecule has 0 spiro atoms. The highest BCUT2D eigenvalue weighted by molar-refractivity contribution is 6.35. The van der Waals surface area contributed by atoms with Gasteiger partial charge in [-0.2, -0.15) is 0 Å². The van der Waals surface area contributed by atoms with E-state index in [-0.39, 0.29) is 6.04 Å². The molecule has 2 N–H and O–H groups in total. The standard InChI is InChI=1S/C14H19ClN2O2/c1-3-12(4-2)17-14(19)13(18)16-9-10-5-7-11(15)8-6-10/h5-8,12H,3-4,9H2,1-2H3,(H,16,18)(H,17,19). The predicted octanol–water partition coefficient (Wildman–Crippen LogP) is 2.26. The summed E-state index contributed by atoms with van der Waals surface area (Å²) in [7, 11) is 0. The Balaban J connectivity index is 2.42. The second-order valence-electron chi connectivity index (χ2n) is 4.30. The molecule has 0 fully saturated rings. The highest BCUT2D eigenvalue weighted by atomic mass is 35.5. The minimum Gasteiger partial charge on any atom is -0.345 e. The lowest BCUT2D eigenvalue weighted by Gasteiger charge is -2.14. The summed E-state index contributed by atoms with van der Waals surface area (Å²) >= 11 is 5.76. The van der Waals surface area contributed by atoms with Crippen LogP contribution in [0.4, 0.5) is 0 Å². The predicted molar refractivity (Wildman–Crippen MR) is 75.8 cm³/mol. The molecule has 0 saturated heterocycles. The maximum absolute atomic E-state index is 11.6. The van der Waals surface area contributed by atoms with Gasteiger partial charge in [-0.05, 0) is 30.5 Å². The van der Waals surface area contributed by atoms with Crippen molar-refractivity contribution in [1.29, 1.82) is 0 Å². The first kappa shape index (κ1) is 15.5. The molecule has 5 heteroatoms. The van der Waals surface area contributed by atoms with Crippen molar-refractivity contribution in [3.8, 4) is 0 Å². The molecule has 0 aliphatic heterocycles. The summed E-state index contributed by atoms with van der Waals surface area (Å²) in [5.74, 6) is -1.19. The maximum Gasteiger partial charge on any atom is 0.309 e. The molecule has 0 radical (unpaired) electrons. The molecule has 0 atom stereocenters. The third-order valence-corrected chi connectivity index (χ3v) is 3.15. The number of halogens is 1. The van der Waals surface area contributed by atoms with Crippen molar-refractivity contribution < 1.29 is 9.59 Å². The fourth-order valence-electron chi connectivity index (χ4n) is 1.61. The quantitative estimate of drug-likeness (QED) is 0.814. The lowest BCUT2D eigenvalue weighted by Crippen LogP contribution is -2.44. The van der Waals surface area contributed by atoms with E-state index >= 15 is 0 Å². The van der Waals surface area contributed by atoms with Gasteiger partial charge in [0.25, 0.3) is 0 Å². The number of carbonyl (C=O) groups is 2. The molecule has 0 heterocycles. The second kappa shape index (κ2) is 7.79. The van der Waals surface area contributed by atoms with E-state index in [1.54, 1.807) is 24.3 Å². The minimum atomic E-state index is -0.609. The number of benzene rings is 1. The highest BCUT2D eigenvalue weighted by Gasteiger charge is 2.15. The van der Waals surface area contributed by atoms with Gasteiger partial charge < -0.3 is 10.6 Å². The fraction of sp³-hybridized carbons (Fsp3) is 0.429. The van der Waals surface area contributed by atoms with Crippen molar-refractivity contribution in [2.45, 2.75) is 39.3 Å². The average molecular weight is 283 g/mol. The van der Waals surface area contributed by atoms with E-state index in [1.807, 2.05) is 13.8 Å². The van der Waals surface area contributed by atoms with Crippen LogP contribution >= 0.6 is 11.6 Å². The van der Waals surface area contributed by atoms with Crippen LogP contribution in [0, 0.1) is 0 Å². The number of rotatable bonds is 5. The Bertz CT molecular complexity index is 428. The van der Waals surface area contributed by atoms with Gasteiger partial charge >= 0.3 is 11.8 Å². The summed E-state index contributed by atoms with van der Waals surface area (Å²) in [4.78, 5) is 23.2. The second-order valence-corrected chi connectivity index (χ2v) is 4.73. The molecule has 0 aromatic heterocycles. The van der Waals surface area contributed by atoms with Crippen molar-refractivity contribution in [3.05, 3.63) is 34.9 Å². The first-order valence-corrected chi connectivity index (χ1v) is 6.77. The van der Waals surface area contributed by atoms with Crippen LogP contribution in [0.5, 0.6) is 0 Å². The summed E-state index contributed by atoms with van der Waals surface area (Å²) in [5, 5.41) is 5.91. The van der Waals surface area contributed by atoms with E-state index in [2.05, 4.69) is 10.6 Å². The van der Waals surface area contributed by atoms with E-state index in [4.69, 9.17) is 11.6 Å². The van der Waals surface area contributed by atoms with Gasteiger partial charge in [0.15, 0.2) is 0 Å².